The zero-order valence-corrected chi connectivity index (χ0v) is 18.6. The van der Waals surface area contributed by atoms with E-state index in [9.17, 15) is 9.59 Å². The predicted molar refractivity (Wildman–Crippen MR) is 118 cm³/mol. The molecule has 0 spiro atoms. The van der Waals surface area contributed by atoms with Crippen LogP contribution < -0.4 is 14.8 Å². The van der Waals surface area contributed by atoms with E-state index in [1.165, 1.54) is 4.90 Å². The van der Waals surface area contributed by atoms with Crippen molar-refractivity contribution in [2.24, 2.45) is 5.92 Å². The van der Waals surface area contributed by atoms with Crippen LogP contribution in [0.2, 0.25) is 5.02 Å². The van der Waals surface area contributed by atoms with Crippen LogP contribution in [-0.4, -0.2) is 43.0 Å². The van der Waals surface area contributed by atoms with Crippen LogP contribution in [0.3, 0.4) is 0 Å². The van der Waals surface area contributed by atoms with Gasteiger partial charge in [-0.25, -0.2) is 0 Å². The highest BCUT2D eigenvalue weighted by Gasteiger charge is 2.26. The van der Waals surface area contributed by atoms with Gasteiger partial charge >= 0.3 is 0 Å². The zero-order valence-electron chi connectivity index (χ0n) is 17.9. The molecule has 6 nitrogen and oxygen atoms in total. The Morgan fingerprint density at radius 3 is 2.17 bits per heavy atom. The molecule has 0 saturated heterocycles. The summed E-state index contributed by atoms with van der Waals surface area (Å²) in [5.74, 6) is 1.09. The number of hydrogen-bond donors (Lipinski definition) is 1. The first-order valence-electron chi connectivity index (χ1n) is 9.88. The molecule has 0 unspecified atom stereocenters. The number of carbonyl (C=O) groups is 2. The third kappa shape index (κ3) is 7.26. The maximum atomic E-state index is 13.0. The van der Waals surface area contributed by atoms with Crippen molar-refractivity contribution >= 4 is 23.4 Å². The monoisotopic (exact) mass is 432 g/mol. The second-order valence-corrected chi connectivity index (χ2v) is 7.86. The fraction of sp³-hybridized carbons (Fsp3) is 0.391. The first-order valence-corrected chi connectivity index (χ1v) is 10.3. The topological polar surface area (TPSA) is 67.9 Å². The number of hydrogen-bond acceptors (Lipinski definition) is 4. The molecule has 0 bridgehead atoms. The van der Waals surface area contributed by atoms with E-state index in [1.807, 2.05) is 26.0 Å². The lowest BCUT2D eigenvalue weighted by Gasteiger charge is -2.29. The summed E-state index contributed by atoms with van der Waals surface area (Å²) < 4.78 is 10.8. The van der Waals surface area contributed by atoms with Gasteiger partial charge in [-0.1, -0.05) is 37.6 Å². The highest BCUT2D eigenvalue weighted by atomic mass is 35.5. The molecule has 1 N–H and O–H groups in total. The molecule has 0 aliphatic heterocycles. The number of nitrogens with one attached hydrogen (secondary N) is 1. The van der Waals surface area contributed by atoms with Crippen LogP contribution in [0.25, 0.3) is 0 Å². The molecule has 2 aromatic rings. The van der Waals surface area contributed by atoms with Gasteiger partial charge in [0, 0.05) is 18.1 Å². The van der Waals surface area contributed by atoms with Crippen molar-refractivity contribution in [3.63, 3.8) is 0 Å². The van der Waals surface area contributed by atoms with Gasteiger partial charge in [0.2, 0.25) is 5.91 Å². The molecule has 162 valence electrons. The molecule has 2 rings (SSSR count). The van der Waals surface area contributed by atoms with Crippen molar-refractivity contribution in [3.8, 4) is 11.5 Å². The van der Waals surface area contributed by atoms with E-state index in [0.717, 1.165) is 5.56 Å². The summed E-state index contributed by atoms with van der Waals surface area (Å²) in [6.07, 6.45) is 0. The Balaban J connectivity index is 2.10. The Morgan fingerprint density at radius 1 is 1.00 bits per heavy atom. The molecule has 0 fully saturated rings. The molecule has 0 heterocycles. The first kappa shape index (κ1) is 23.5. The fourth-order valence-corrected chi connectivity index (χ4v) is 2.85. The SMILES string of the molecule is COc1ccc(OCC(=O)N(Cc2ccc(Cl)cc2)[C@H](C)C(=O)NCC(C)C)cc1. The standard InChI is InChI=1S/C23H29ClN2O4/c1-16(2)13-25-23(28)17(3)26(14-18-5-7-19(24)8-6-18)22(27)15-30-21-11-9-20(29-4)10-12-21/h5-12,16-17H,13-15H2,1-4H3,(H,25,28)/t17-/m1/s1. The molecule has 0 aliphatic carbocycles. The molecule has 7 heteroatoms. The second-order valence-electron chi connectivity index (χ2n) is 7.43. The molecule has 0 aromatic heterocycles. The average molecular weight is 433 g/mol. The Bertz CT molecular complexity index is 822. The van der Waals surface area contributed by atoms with Crippen LogP contribution in [0.5, 0.6) is 11.5 Å². The molecule has 0 saturated carbocycles. The zero-order chi connectivity index (χ0) is 22.1. The molecule has 2 amide bonds. The van der Waals surface area contributed by atoms with Crippen LogP contribution in [0.1, 0.15) is 26.3 Å². The molecule has 30 heavy (non-hydrogen) atoms. The Labute approximate surface area is 183 Å². The third-order valence-corrected chi connectivity index (χ3v) is 4.79. The van der Waals surface area contributed by atoms with Gasteiger partial charge in [0.1, 0.15) is 17.5 Å². The quantitative estimate of drug-likeness (QED) is 0.618. The van der Waals surface area contributed by atoms with Crippen LogP contribution >= 0.6 is 11.6 Å². The second kappa shape index (κ2) is 11.5. The lowest BCUT2D eigenvalue weighted by molar-refractivity contribution is -0.142. The normalized spacial score (nSPS) is 11.7. The summed E-state index contributed by atoms with van der Waals surface area (Å²) in [5, 5.41) is 3.50. The summed E-state index contributed by atoms with van der Waals surface area (Å²) in [6, 6.07) is 13.5. The minimum Gasteiger partial charge on any atom is -0.497 e. The van der Waals surface area contributed by atoms with Crippen molar-refractivity contribution < 1.29 is 19.1 Å². The number of rotatable bonds is 10. The minimum atomic E-state index is -0.647. The van der Waals surface area contributed by atoms with E-state index in [0.29, 0.717) is 29.0 Å². The number of ether oxygens (including phenoxy) is 2. The van der Waals surface area contributed by atoms with Gasteiger partial charge in [-0.15, -0.1) is 0 Å². The predicted octanol–water partition coefficient (Wildman–Crippen LogP) is 3.92. The molecule has 2 aromatic carbocycles. The van der Waals surface area contributed by atoms with Gasteiger partial charge in [0.25, 0.3) is 5.91 Å². The van der Waals surface area contributed by atoms with E-state index in [1.54, 1.807) is 50.4 Å². The molecular weight excluding hydrogens is 404 g/mol. The molecule has 0 radical (unpaired) electrons. The van der Waals surface area contributed by atoms with Gasteiger partial charge in [-0.3, -0.25) is 9.59 Å². The fourth-order valence-electron chi connectivity index (χ4n) is 2.72. The number of amides is 2. The largest absolute Gasteiger partial charge is 0.497 e. The molecular formula is C23H29ClN2O4. The van der Waals surface area contributed by atoms with Crippen molar-refractivity contribution in [2.45, 2.75) is 33.4 Å². The van der Waals surface area contributed by atoms with Crippen molar-refractivity contribution in [1.82, 2.24) is 10.2 Å². The van der Waals surface area contributed by atoms with Crippen LogP contribution in [-0.2, 0) is 16.1 Å². The highest BCUT2D eigenvalue weighted by Crippen LogP contribution is 2.18. The highest BCUT2D eigenvalue weighted by molar-refractivity contribution is 6.30. The number of carbonyl (C=O) groups excluding carboxylic acids is 2. The van der Waals surface area contributed by atoms with E-state index < -0.39 is 6.04 Å². The van der Waals surface area contributed by atoms with Crippen molar-refractivity contribution in [2.75, 3.05) is 20.3 Å². The Hall–Kier alpha value is -2.73. The number of halogens is 1. The Morgan fingerprint density at radius 2 is 1.60 bits per heavy atom. The molecule has 1 atom stereocenters. The van der Waals surface area contributed by atoms with Gasteiger partial charge in [0.05, 0.1) is 7.11 Å². The molecule has 0 aliphatic rings. The van der Waals surface area contributed by atoms with Crippen LogP contribution in [0, 0.1) is 5.92 Å². The van der Waals surface area contributed by atoms with Gasteiger partial charge in [-0.05, 0) is 54.8 Å². The van der Waals surface area contributed by atoms with Gasteiger partial charge in [-0.2, -0.15) is 0 Å². The van der Waals surface area contributed by atoms with E-state index >= 15 is 0 Å². The summed E-state index contributed by atoms with van der Waals surface area (Å²) in [5.41, 5.74) is 0.876. The lowest BCUT2D eigenvalue weighted by Crippen LogP contribution is -2.49. The summed E-state index contributed by atoms with van der Waals surface area (Å²) in [6.45, 7) is 6.40. The van der Waals surface area contributed by atoms with E-state index in [4.69, 9.17) is 21.1 Å². The van der Waals surface area contributed by atoms with Crippen molar-refractivity contribution in [1.29, 1.82) is 0 Å². The van der Waals surface area contributed by atoms with E-state index in [-0.39, 0.29) is 25.0 Å². The van der Waals surface area contributed by atoms with Gasteiger partial charge in [0.15, 0.2) is 6.61 Å². The number of benzene rings is 2. The summed E-state index contributed by atoms with van der Waals surface area (Å²) >= 11 is 5.96. The van der Waals surface area contributed by atoms with Crippen LogP contribution in [0.15, 0.2) is 48.5 Å². The van der Waals surface area contributed by atoms with Crippen molar-refractivity contribution in [3.05, 3.63) is 59.1 Å². The maximum absolute atomic E-state index is 13.0. The smallest absolute Gasteiger partial charge is 0.261 e. The number of methoxy groups -OCH3 is 1. The average Bonchev–Trinajstić information content (AvgIpc) is 2.75. The lowest BCUT2D eigenvalue weighted by atomic mass is 10.1. The summed E-state index contributed by atoms with van der Waals surface area (Å²) in [7, 11) is 1.58. The maximum Gasteiger partial charge on any atom is 0.261 e. The first-order chi connectivity index (χ1) is 14.3. The summed E-state index contributed by atoms with van der Waals surface area (Å²) in [4.78, 5) is 27.1. The Kier molecular flexibility index (Phi) is 8.99. The van der Waals surface area contributed by atoms with Crippen LogP contribution in [0.4, 0.5) is 0 Å². The third-order valence-electron chi connectivity index (χ3n) is 4.54. The van der Waals surface area contributed by atoms with Gasteiger partial charge < -0.3 is 19.7 Å². The van der Waals surface area contributed by atoms with E-state index in [2.05, 4.69) is 5.32 Å². The number of nitrogens with zero attached hydrogens (tertiary/aromatic N) is 1. The minimum absolute atomic E-state index is 0.179.